The Bertz CT molecular complexity index is 1070. The number of halogens is 1. The Labute approximate surface area is 203 Å². The molecule has 2 aromatic rings. The summed E-state index contributed by atoms with van der Waals surface area (Å²) in [6.45, 7) is 9.45. The topological polar surface area (TPSA) is 53.1 Å². The van der Waals surface area contributed by atoms with Crippen molar-refractivity contribution in [2.45, 2.75) is 56.8 Å². The fraction of sp³-hybridized carbons (Fsp3) is 0.520. The Morgan fingerprint density at radius 1 is 1.09 bits per heavy atom. The molecular formula is C25H34ClN3O3S. The van der Waals surface area contributed by atoms with Gasteiger partial charge >= 0.3 is 0 Å². The van der Waals surface area contributed by atoms with Crippen LogP contribution in [-0.4, -0.2) is 74.1 Å². The van der Waals surface area contributed by atoms with Crippen LogP contribution in [0, 0.1) is 6.92 Å². The summed E-state index contributed by atoms with van der Waals surface area (Å²) >= 11 is 6.19. The third-order valence-corrected chi connectivity index (χ3v) is 9.01. The molecule has 2 atom stereocenters. The lowest BCUT2D eigenvalue weighted by atomic mass is 9.98. The smallest absolute Gasteiger partial charge is 0.248 e. The highest BCUT2D eigenvalue weighted by Gasteiger charge is 2.45. The molecule has 0 aromatic heterocycles. The molecule has 2 unspecified atom stereocenters. The lowest BCUT2D eigenvalue weighted by Gasteiger charge is -2.53. The number of aryl methyl sites for hydroxylation is 1. The van der Waals surface area contributed by atoms with E-state index >= 15 is 0 Å². The van der Waals surface area contributed by atoms with Crippen molar-refractivity contribution in [1.29, 1.82) is 0 Å². The standard InChI is InChI=1S/C25H34ClN3O3S/c1-18(2)27-16-22(14-20-8-6-19(3)7-9-20)28-12-5-13-29(25(28)17-27)33(30,31)24-15-21(26)10-11-23(24)32-4/h6-11,15,18,22,25H,5,12-14,16-17H2,1-4H3. The Morgan fingerprint density at radius 3 is 2.48 bits per heavy atom. The Morgan fingerprint density at radius 2 is 1.82 bits per heavy atom. The second-order valence-corrected chi connectivity index (χ2v) is 11.7. The first-order chi connectivity index (χ1) is 15.7. The molecule has 2 fully saturated rings. The Balaban J connectivity index is 1.69. The fourth-order valence-electron chi connectivity index (χ4n) is 5.01. The number of hydrogen-bond donors (Lipinski definition) is 0. The van der Waals surface area contributed by atoms with Gasteiger partial charge in [-0.15, -0.1) is 0 Å². The van der Waals surface area contributed by atoms with Crippen molar-refractivity contribution in [3.8, 4) is 5.75 Å². The van der Waals surface area contributed by atoms with E-state index in [1.165, 1.54) is 24.3 Å². The van der Waals surface area contributed by atoms with Gasteiger partial charge in [0.2, 0.25) is 10.0 Å². The molecule has 0 saturated carbocycles. The van der Waals surface area contributed by atoms with E-state index in [9.17, 15) is 8.42 Å². The van der Waals surface area contributed by atoms with Gasteiger partial charge in [-0.2, -0.15) is 4.31 Å². The number of ether oxygens (including phenoxy) is 1. The van der Waals surface area contributed by atoms with Crippen molar-refractivity contribution in [2.75, 3.05) is 33.3 Å². The minimum Gasteiger partial charge on any atom is -0.495 e. The Kier molecular flexibility index (Phi) is 7.36. The fourth-order valence-corrected chi connectivity index (χ4v) is 7.06. The molecule has 180 valence electrons. The second kappa shape index (κ2) is 9.92. The molecule has 2 aliphatic rings. The van der Waals surface area contributed by atoms with Crippen molar-refractivity contribution < 1.29 is 13.2 Å². The molecular weight excluding hydrogens is 458 g/mol. The quantitative estimate of drug-likeness (QED) is 0.611. The number of rotatable bonds is 6. The summed E-state index contributed by atoms with van der Waals surface area (Å²) < 4.78 is 34.9. The maximum atomic E-state index is 13.9. The maximum absolute atomic E-state index is 13.9. The molecule has 0 bridgehead atoms. The highest BCUT2D eigenvalue weighted by molar-refractivity contribution is 7.89. The van der Waals surface area contributed by atoms with Crippen LogP contribution in [-0.2, 0) is 16.4 Å². The van der Waals surface area contributed by atoms with Gasteiger partial charge in [-0.05, 0) is 57.4 Å². The third-order valence-electron chi connectivity index (χ3n) is 6.86. The van der Waals surface area contributed by atoms with Gasteiger partial charge in [0, 0.05) is 43.3 Å². The molecule has 2 aliphatic heterocycles. The molecule has 33 heavy (non-hydrogen) atoms. The maximum Gasteiger partial charge on any atom is 0.248 e. The van der Waals surface area contributed by atoms with Crippen LogP contribution in [0.5, 0.6) is 5.75 Å². The summed E-state index contributed by atoms with van der Waals surface area (Å²) in [6.07, 6.45) is 1.47. The summed E-state index contributed by atoms with van der Waals surface area (Å²) in [5.74, 6) is 0.323. The zero-order valence-corrected chi connectivity index (χ0v) is 21.4. The van der Waals surface area contributed by atoms with E-state index in [4.69, 9.17) is 16.3 Å². The van der Waals surface area contributed by atoms with Crippen molar-refractivity contribution in [2.24, 2.45) is 0 Å². The molecule has 6 nitrogen and oxygen atoms in total. The normalized spacial score (nSPS) is 23.0. The summed E-state index contributed by atoms with van der Waals surface area (Å²) in [5, 5.41) is 0.382. The van der Waals surface area contributed by atoms with E-state index in [-0.39, 0.29) is 17.1 Å². The molecule has 0 aliphatic carbocycles. The van der Waals surface area contributed by atoms with Crippen molar-refractivity contribution in [1.82, 2.24) is 14.1 Å². The molecule has 0 amide bonds. The van der Waals surface area contributed by atoms with E-state index in [1.54, 1.807) is 16.4 Å². The minimum atomic E-state index is -3.79. The van der Waals surface area contributed by atoms with Gasteiger partial charge in [0.25, 0.3) is 0 Å². The number of sulfonamides is 1. The summed E-state index contributed by atoms with van der Waals surface area (Å²) in [5.41, 5.74) is 2.53. The van der Waals surface area contributed by atoms with Gasteiger partial charge < -0.3 is 4.74 Å². The lowest BCUT2D eigenvalue weighted by Crippen LogP contribution is -2.68. The number of fused-ring (bicyclic) bond motifs is 1. The number of nitrogens with zero attached hydrogens (tertiary/aromatic N) is 3. The minimum absolute atomic E-state index is 0.135. The van der Waals surface area contributed by atoms with Crippen molar-refractivity contribution in [3.05, 3.63) is 58.6 Å². The van der Waals surface area contributed by atoms with Crippen LogP contribution in [0.3, 0.4) is 0 Å². The van der Waals surface area contributed by atoms with Crippen LogP contribution < -0.4 is 4.74 Å². The van der Waals surface area contributed by atoms with E-state index < -0.39 is 10.0 Å². The zero-order valence-electron chi connectivity index (χ0n) is 19.9. The SMILES string of the molecule is COc1ccc(Cl)cc1S(=O)(=O)N1CCCN2C(Cc3ccc(C)cc3)CN(C(C)C)CC21. The van der Waals surface area contributed by atoms with Crippen LogP contribution in [0.25, 0.3) is 0 Å². The van der Waals surface area contributed by atoms with Crippen LogP contribution >= 0.6 is 11.6 Å². The van der Waals surface area contributed by atoms with Crippen molar-refractivity contribution in [3.63, 3.8) is 0 Å². The van der Waals surface area contributed by atoms with E-state index in [0.717, 1.165) is 25.9 Å². The average Bonchev–Trinajstić information content (AvgIpc) is 2.80. The molecule has 2 aromatic carbocycles. The summed E-state index contributed by atoms with van der Waals surface area (Å²) in [4.78, 5) is 4.94. The largest absolute Gasteiger partial charge is 0.495 e. The van der Waals surface area contributed by atoms with Crippen LogP contribution in [0.1, 0.15) is 31.4 Å². The van der Waals surface area contributed by atoms with Crippen LogP contribution in [0.4, 0.5) is 0 Å². The number of piperazine rings is 1. The molecule has 0 N–H and O–H groups in total. The molecule has 2 heterocycles. The Hall–Kier alpha value is -1.64. The van der Waals surface area contributed by atoms with Crippen molar-refractivity contribution >= 4 is 21.6 Å². The zero-order chi connectivity index (χ0) is 23.8. The van der Waals surface area contributed by atoms with E-state index in [1.807, 2.05) is 0 Å². The number of benzene rings is 2. The molecule has 2 saturated heterocycles. The van der Waals surface area contributed by atoms with Gasteiger partial charge in [0.15, 0.2) is 0 Å². The number of methoxy groups -OCH3 is 1. The molecule has 0 radical (unpaired) electrons. The highest BCUT2D eigenvalue weighted by atomic mass is 35.5. The first kappa shape index (κ1) is 24.5. The van der Waals surface area contributed by atoms with Gasteiger partial charge in [-0.25, -0.2) is 8.42 Å². The predicted molar refractivity (Wildman–Crippen MR) is 132 cm³/mol. The van der Waals surface area contributed by atoms with Crippen LogP contribution in [0.15, 0.2) is 47.4 Å². The molecule has 0 spiro atoms. The van der Waals surface area contributed by atoms with E-state index in [2.05, 4.69) is 54.8 Å². The van der Waals surface area contributed by atoms with Gasteiger partial charge in [-0.3, -0.25) is 9.80 Å². The molecule has 4 rings (SSSR count). The first-order valence-corrected chi connectivity index (χ1v) is 13.4. The van der Waals surface area contributed by atoms with Gasteiger partial charge in [-0.1, -0.05) is 41.4 Å². The summed E-state index contributed by atoms with van der Waals surface area (Å²) in [7, 11) is -2.30. The monoisotopic (exact) mass is 491 g/mol. The summed E-state index contributed by atoms with van der Waals surface area (Å²) in [6, 6.07) is 14.0. The number of hydrogen-bond acceptors (Lipinski definition) is 5. The van der Waals surface area contributed by atoms with E-state index in [0.29, 0.717) is 29.9 Å². The third kappa shape index (κ3) is 5.08. The van der Waals surface area contributed by atoms with Gasteiger partial charge in [0.05, 0.1) is 13.3 Å². The lowest BCUT2D eigenvalue weighted by molar-refractivity contribution is -0.0563. The molecule has 8 heteroatoms. The average molecular weight is 492 g/mol. The first-order valence-electron chi connectivity index (χ1n) is 11.6. The highest BCUT2D eigenvalue weighted by Crippen LogP contribution is 2.35. The van der Waals surface area contributed by atoms with Crippen LogP contribution in [0.2, 0.25) is 5.02 Å². The predicted octanol–water partition coefficient (Wildman–Crippen LogP) is 4.01. The van der Waals surface area contributed by atoms with Gasteiger partial charge in [0.1, 0.15) is 10.6 Å². The second-order valence-electron chi connectivity index (χ2n) is 9.37.